The van der Waals surface area contributed by atoms with E-state index in [2.05, 4.69) is 10.5 Å². The molecule has 0 aliphatic rings. The van der Waals surface area contributed by atoms with Gasteiger partial charge in [-0.05, 0) is 18.2 Å². The molecule has 2 amide bonds. The highest BCUT2D eigenvalue weighted by Crippen LogP contribution is 2.22. The Balaban J connectivity index is 1.82. The fourth-order valence-electron chi connectivity index (χ4n) is 2.61. The Kier molecular flexibility index (Phi) is 4.57. The van der Waals surface area contributed by atoms with Crippen LogP contribution in [0.4, 0.5) is 0 Å². The van der Waals surface area contributed by atoms with Gasteiger partial charge in [-0.1, -0.05) is 18.2 Å². The monoisotopic (exact) mass is 352 g/mol. The number of carbonyl (C=O) groups excluding carboxylic acids is 2. The molecule has 2 aromatic carbocycles. The van der Waals surface area contributed by atoms with E-state index in [9.17, 15) is 19.8 Å². The molecule has 0 aliphatic heterocycles. The molecule has 0 bridgehead atoms. The van der Waals surface area contributed by atoms with E-state index >= 15 is 0 Å². The van der Waals surface area contributed by atoms with Crippen LogP contribution in [-0.2, 0) is 11.3 Å². The highest BCUT2D eigenvalue weighted by molar-refractivity contribution is 6.01. The average molecular weight is 352 g/mol. The summed E-state index contributed by atoms with van der Waals surface area (Å²) in [6.07, 6.45) is 3.15. The summed E-state index contributed by atoms with van der Waals surface area (Å²) >= 11 is 0. The third-order valence-corrected chi connectivity index (χ3v) is 3.74. The number of primary amides is 1. The summed E-state index contributed by atoms with van der Waals surface area (Å²) in [5, 5.41) is 23.7. The van der Waals surface area contributed by atoms with Crippen LogP contribution < -0.4 is 11.2 Å². The highest BCUT2D eigenvalue weighted by Gasteiger charge is 2.11. The van der Waals surface area contributed by atoms with Gasteiger partial charge >= 0.3 is 0 Å². The number of aromatic hydroxyl groups is 2. The summed E-state index contributed by atoms with van der Waals surface area (Å²) in [6, 6.07) is 11.0. The molecule has 5 N–H and O–H groups in total. The number of fused-ring (bicyclic) bond motifs is 1. The fourth-order valence-corrected chi connectivity index (χ4v) is 2.61. The molecule has 0 unspecified atom stereocenters. The summed E-state index contributed by atoms with van der Waals surface area (Å²) in [4.78, 5) is 23.3. The van der Waals surface area contributed by atoms with Crippen molar-refractivity contribution >= 4 is 28.9 Å². The predicted octanol–water partition coefficient (Wildman–Crippen LogP) is 1.30. The molecule has 132 valence electrons. The van der Waals surface area contributed by atoms with Crippen LogP contribution >= 0.6 is 0 Å². The van der Waals surface area contributed by atoms with Crippen LogP contribution in [-0.4, -0.2) is 32.8 Å². The standard InChI is InChI=1S/C18H16N4O4/c19-17(25)10-22-9-11(13-3-1-2-4-15(13)22)8-20-21-18(26)14-6-5-12(23)7-16(14)24/h1-9,23-24H,10H2,(H2,19,25)(H,21,26)/b20-8+. The van der Waals surface area contributed by atoms with Gasteiger partial charge in [0.25, 0.3) is 5.91 Å². The van der Waals surface area contributed by atoms with Crippen LogP contribution in [0.3, 0.4) is 0 Å². The number of aromatic nitrogens is 1. The van der Waals surface area contributed by atoms with E-state index in [1.165, 1.54) is 18.3 Å². The molecule has 3 rings (SSSR count). The van der Waals surface area contributed by atoms with Gasteiger partial charge in [-0.25, -0.2) is 5.43 Å². The Labute approximate surface area is 148 Å². The van der Waals surface area contributed by atoms with Gasteiger partial charge in [0.1, 0.15) is 18.0 Å². The Bertz CT molecular complexity index is 1020. The highest BCUT2D eigenvalue weighted by atomic mass is 16.3. The topological polar surface area (TPSA) is 130 Å². The van der Waals surface area contributed by atoms with Crippen molar-refractivity contribution in [3.8, 4) is 11.5 Å². The van der Waals surface area contributed by atoms with Gasteiger partial charge in [-0.3, -0.25) is 9.59 Å². The lowest BCUT2D eigenvalue weighted by molar-refractivity contribution is -0.118. The van der Waals surface area contributed by atoms with Crippen LogP contribution in [0.1, 0.15) is 15.9 Å². The smallest absolute Gasteiger partial charge is 0.275 e. The Morgan fingerprint density at radius 3 is 2.69 bits per heavy atom. The van der Waals surface area contributed by atoms with E-state index in [1.807, 2.05) is 24.3 Å². The molecule has 0 saturated heterocycles. The van der Waals surface area contributed by atoms with Crippen LogP contribution in [0, 0.1) is 0 Å². The number of phenolic OH excluding ortho intramolecular Hbond substituents is 2. The lowest BCUT2D eigenvalue weighted by Gasteiger charge is -2.03. The van der Waals surface area contributed by atoms with Crippen LogP contribution in [0.5, 0.6) is 11.5 Å². The summed E-state index contributed by atoms with van der Waals surface area (Å²) < 4.78 is 1.70. The SMILES string of the molecule is NC(=O)Cn1cc(/C=N/NC(=O)c2ccc(O)cc2O)c2ccccc21. The van der Waals surface area contributed by atoms with Crippen molar-refractivity contribution < 1.29 is 19.8 Å². The molecule has 8 nitrogen and oxygen atoms in total. The van der Waals surface area contributed by atoms with Gasteiger partial charge in [0.2, 0.25) is 5.91 Å². The van der Waals surface area contributed by atoms with Crippen molar-refractivity contribution in [3.05, 3.63) is 59.8 Å². The number of nitrogens with one attached hydrogen (secondary N) is 1. The second kappa shape index (κ2) is 6.98. The van der Waals surface area contributed by atoms with Gasteiger partial charge in [0.15, 0.2) is 0 Å². The van der Waals surface area contributed by atoms with E-state index < -0.39 is 11.8 Å². The van der Waals surface area contributed by atoms with Crippen molar-refractivity contribution in [2.24, 2.45) is 10.8 Å². The summed E-state index contributed by atoms with van der Waals surface area (Å²) in [7, 11) is 0. The molecule has 0 atom stereocenters. The molecule has 3 aromatic rings. The minimum Gasteiger partial charge on any atom is -0.508 e. The molecule has 0 aliphatic carbocycles. The number of hydrogen-bond donors (Lipinski definition) is 4. The largest absolute Gasteiger partial charge is 0.508 e. The number of amides is 2. The summed E-state index contributed by atoms with van der Waals surface area (Å²) in [6.45, 7) is 0.0299. The lowest BCUT2D eigenvalue weighted by atomic mass is 10.2. The second-order valence-corrected chi connectivity index (χ2v) is 5.60. The first kappa shape index (κ1) is 17.0. The third-order valence-electron chi connectivity index (χ3n) is 3.74. The number of nitrogens with two attached hydrogens (primary N) is 1. The maximum absolute atomic E-state index is 12.0. The van der Waals surface area contributed by atoms with E-state index in [-0.39, 0.29) is 23.6 Å². The van der Waals surface area contributed by atoms with Crippen LogP contribution in [0.15, 0.2) is 53.8 Å². The third kappa shape index (κ3) is 3.48. The van der Waals surface area contributed by atoms with Crippen molar-refractivity contribution in [2.75, 3.05) is 0 Å². The van der Waals surface area contributed by atoms with Gasteiger partial charge < -0.3 is 20.5 Å². The number of nitrogens with zero attached hydrogens (tertiary/aromatic N) is 2. The molecule has 1 heterocycles. The zero-order valence-electron chi connectivity index (χ0n) is 13.6. The average Bonchev–Trinajstić information content (AvgIpc) is 2.92. The number of hydrogen-bond acceptors (Lipinski definition) is 5. The maximum Gasteiger partial charge on any atom is 0.275 e. The molecular weight excluding hydrogens is 336 g/mol. The zero-order valence-corrected chi connectivity index (χ0v) is 13.6. The number of benzene rings is 2. The molecule has 26 heavy (non-hydrogen) atoms. The van der Waals surface area contributed by atoms with Crippen molar-refractivity contribution in [2.45, 2.75) is 6.54 Å². The summed E-state index contributed by atoms with van der Waals surface area (Å²) in [5.74, 6) is -1.59. The van der Waals surface area contributed by atoms with E-state index in [4.69, 9.17) is 5.73 Å². The lowest BCUT2D eigenvalue weighted by Crippen LogP contribution is -2.18. The minimum atomic E-state index is -0.625. The summed E-state index contributed by atoms with van der Waals surface area (Å²) in [5.41, 5.74) is 9.06. The Morgan fingerprint density at radius 1 is 1.19 bits per heavy atom. The van der Waals surface area contributed by atoms with Gasteiger partial charge in [0.05, 0.1) is 11.8 Å². The molecular formula is C18H16N4O4. The van der Waals surface area contributed by atoms with Gasteiger partial charge in [-0.15, -0.1) is 0 Å². The van der Waals surface area contributed by atoms with Gasteiger partial charge in [-0.2, -0.15) is 5.10 Å². The zero-order chi connectivity index (χ0) is 18.7. The number of phenols is 2. The van der Waals surface area contributed by atoms with E-state index in [1.54, 1.807) is 10.8 Å². The fraction of sp³-hybridized carbons (Fsp3) is 0.0556. The van der Waals surface area contributed by atoms with E-state index in [0.717, 1.165) is 17.0 Å². The quantitative estimate of drug-likeness (QED) is 0.407. The normalized spacial score (nSPS) is 11.1. The second-order valence-electron chi connectivity index (χ2n) is 5.60. The maximum atomic E-state index is 12.0. The van der Waals surface area contributed by atoms with Crippen molar-refractivity contribution in [1.29, 1.82) is 0 Å². The first-order valence-electron chi connectivity index (χ1n) is 7.67. The molecule has 0 spiro atoms. The van der Waals surface area contributed by atoms with Gasteiger partial charge in [0, 0.05) is 28.7 Å². The molecule has 0 saturated carbocycles. The number of rotatable bonds is 5. The molecule has 0 fully saturated rings. The van der Waals surface area contributed by atoms with Crippen molar-refractivity contribution in [3.63, 3.8) is 0 Å². The Hall–Kier alpha value is -3.81. The minimum absolute atomic E-state index is 0.0175. The number of carbonyl (C=O) groups is 2. The number of para-hydroxylation sites is 1. The van der Waals surface area contributed by atoms with Crippen molar-refractivity contribution in [1.82, 2.24) is 9.99 Å². The molecule has 1 aromatic heterocycles. The molecule has 8 heteroatoms. The van der Waals surface area contributed by atoms with Crippen LogP contribution in [0.25, 0.3) is 10.9 Å². The first-order chi connectivity index (χ1) is 12.5. The van der Waals surface area contributed by atoms with Crippen LogP contribution in [0.2, 0.25) is 0 Å². The first-order valence-corrected chi connectivity index (χ1v) is 7.67. The predicted molar refractivity (Wildman–Crippen MR) is 96.0 cm³/mol. The van der Waals surface area contributed by atoms with E-state index in [0.29, 0.717) is 5.56 Å². The molecule has 0 radical (unpaired) electrons. The Morgan fingerprint density at radius 2 is 1.96 bits per heavy atom. The number of hydrazone groups is 1.